The largest absolute Gasteiger partial charge is 0.349 e. The summed E-state index contributed by atoms with van der Waals surface area (Å²) in [5.74, 6) is -0.393. The molecule has 3 rings (SSSR count). The Morgan fingerprint density at radius 3 is 2.48 bits per heavy atom. The van der Waals surface area contributed by atoms with Gasteiger partial charge in [-0.25, -0.2) is 0 Å². The fourth-order valence-electron chi connectivity index (χ4n) is 2.91. The number of carbonyl (C=O) groups is 2. The quantitative estimate of drug-likeness (QED) is 0.790. The van der Waals surface area contributed by atoms with E-state index < -0.39 is 6.04 Å². The molecule has 1 atom stereocenters. The molecule has 1 N–H and O–H groups in total. The molecule has 27 heavy (non-hydrogen) atoms. The Labute approximate surface area is 164 Å². The van der Waals surface area contributed by atoms with Gasteiger partial charge in [0.1, 0.15) is 6.04 Å². The third kappa shape index (κ3) is 4.53. The molecule has 2 aromatic rings. The van der Waals surface area contributed by atoms with E-state index >= 15 is 0 Å². The molecule has 0 aliphatic heterocycles. The van der Waals surface area contributed by atoms with Crippen molar-refractivity contribution < 1.29 is 9.59 Å². The first kappa shape index (κ1) is 19.5. The van der Waals surface area contributed by atoms with Gasteiger partial charge in [0, 0.05) is 17.0 Å². The van der Waals surface area contributed by atoms with Gasteiger partial charge in [-0.1, -0.05) is 41.2 Å². The number of rotatable bonds is 7. The van der Waals surface area contributed by atoms with E-state index in [9.17, 15) is 9.59 Å². The van der Waals surface area contributed by atoms with Crippen LogP contribution in [0.1, 0.15) is 67.7 Å². The second-order valence-electron chi connectivity index (χ2n) is 7.77. The number of benzene rings is 1. The zero-order valence-electron chi connectivity index (χ0n) is 16.2. The maximum absolute atomic E-state index is 13.3. The summed E-state index contributed by atoms with van der Waals surface area (Å²) in [4.78, 5) is 28.2. The Bertz CT molecular complexity index is 798. The SMILES string of the molecule is CCC(C)(C)NC(=O)[C@H](c1ccc(C)cc1)N(C(=O)c1csnn1)C1CC1. The molecule has 0 saturated heterocycles. The average molecular weight is 387 g/mol. The zero-order chi connectivity index (χ0) is 19.6. The molecule has 0 unspecified atom stereocenters. The molecule has 1 aliphatic rings. The van der Waals surface area contributed by atoms with Crippen molar-refractivity contribution in [3.63, 3.8) is 0 Å². The molecular formula is C20H26N4O2S. The van der Waals surface area contributed by atoms with Gasteiger partial charge in [0.2, 0.25) is 5.91 Å². The summed E-state index contributed by atoms with van der Waals surface area (Å²) >= 11 is 1.14. The molecule has 1 saturated carbocycles. The number of hydrogen-bond acceptors (Lipinski definition) is 5. The molecule has 0 spiro atoms. The average Bonchev–Trinajstić information content (AvgIpc) is 3.31. The molecule has 1 aromatic carbocycles. The highest BCUT2D eigenvalue weighted by Crippen LogP contribution is 2.36. The Balaban J connectivity index is 2.00. The van der Waals surface area contributed by atoms with Crippen molar-refractivity contribution in [1.29, 1.82) is 0 Å². The minimum atomic E-state index is -0.682. The van der Waals surface area contributed by atoms with Crippen molar-refractivity contribution in [2.45, 2.75) is 64.6 Å². The Morgan fingerprint density at radius 2 is 1.96 bits per heavy atom. The van der Waals surface area contributed by atoms with Gasteiger partial charge in [-0.2, -0.15) is 0 Å². The van der Waals surface area contributed by atoms with E-state index in [4.69, 9.17) is 0 Å². The molecule has 0 bridgehead atoms. The van der Waals surface area contributed by atoms with Crippen molar-refractivity contribution in [1.82, 2.24) is 19.8 Å². The third-order valence-electron chi connectivity index (χ3n) is 5.02. The summed E-state index contributed by atoms with van der Waals surface area (Å²) in [6.07, 6.45) is 2.60. The highest BCUT2D eigenvalue weighted by atomic mass is 32.1. The van der Waals surface area contributed by atoms with Crippen molar-refractivity contribution in [2.24, 2.45) is 0 Å². The second kappa shape index (κ2) is 7.76. The van der Waals surface area contributed by atoms with Gasteiger partial charge in [-0.3, -0.25) is 9.59 Å². The van der Waals surface area contributed by atoms with E-state index in [1.54, 1.807) is 10.3 Å². The van der Waals surface area contributed by atoms with E-state index in [2.05, 4.69) is 14.9 Å². The summed E-state index contributed by atoms with van der Waals surface area (Å²) in [5.41, 5.74) is 1.88. The number of carbonyl (C=O) groups excluding carboxylic acids is 2. The summed E-state index contributed by atoms with van der Waals surface area (Å²) in [6, 6.07) is 7.18. The van der Waals surface area contributed by atoms with Crippen LogP contribution in [-0.2, 0) is 4.79 Å². The first-order valence-electron chi connectivity index (χ1n) is 9.30. The summed E-state index contributed by atoms with van der Waals surface area (Å²) < 4.78 is 3.81. The molecule has 144 valence electrons. The Hall–Kier alpha value is -2.28. The van der Waals surface area contributed by atoms with Gasteiger partial charge >= 0.3 is 0 Å². The minimum Gasteiger partial charge on any atom is -0.349 e. The Morgan fingerprint density at radius 1 is 1.30 bits per heavy atom. The van der Waals surface area contributed by atoms with Gasteiger partial charge < -0.3 is 10.2 Å². The molecule has 6 nitrogen and oxygen atoms in total. The van der Waals surface area contributed by atoms with Crippen molar-refractivity contribution in [3.8, 4) is 0 Å². The van der Waals surface area contributed by atoms with Gasteiger partial charge in [0.15, 0.2) is 5.69 Å². The predicted molar refractivity (Wildman–Crippen MR) is 106 cm³/mol. The maximum Gasteiger partial charge on any atom is 0.276 e. The number of amides is 2. The van der Waals surface area contributed by atoms with Gasteiger partial charge in [-0.15, -0.1) is 5.10 Å². The third-order valence-corrected chi connectivity index (χ3v) is 5.52. The van der Waals surface area contributed by atoms with Crippen molar-refractivity contribution in [2.75, 3.05) is 0 Å². The second-order valence-corrected chi connectivity index (χ2v) is 8.38. The molecule has 1 heterocycles. The first-order chi connectivity index (χ1) is 12.8. The highest BCUT2D eigenvalue weighted by Gasteiger charge is 2.43. The van der Waals surface area contributed by atoms with Crippen LogP contribution in [0.4, 0.5) is 0 Å². The van der Waals surface area contributed by atoms with Crippen LogP contribution in [0.5, 0.6) is 0 Å². The lowest BCUT2D eigenvalue weighted by Crippen LogP contribution is -2.51. The van der Waals surface area contributed by atoms with Gasteiger partial charge in [-0.05, 0) is 57.1 Å². The monoisotopic (exact) mass is 386 g/mol. The van der Waals surface area contributed by atoms with E-state index in [-0.39, 0.29) is 23.4 Å². The maximum atomic E-state index is 13.3. The molecule has 1 fully saturated rings. The van der Waals surface area contributed by atoms with E-state index in [0.717, 1.165) is 41.9 Å². The number of aryl methyl sites for hydroxylation is 1. The molecule has 2 amide bonds. The van der Waals surface area contributed by atoms with Crippen LogP contribution < -0.4 is 5.32 Å². The molecular weight excluding hydrogens is 360 g/mol. The molecule has 7 heteroatoms. The van der Waals surface area contributed by atoms with Crippen LogP contribution in [0.2, 0.25) is 0 Å². The lowest BCUT2D eigenvalue weighted by molar-refractivity contribution is -0.127. The number of nitrogens with zero attached hydrogens (tertiary/aromatic N) is 3. The van der Waals surface area contributed by atoms with Crippen LogP contribution in [0.25, 0.3) is 0 Å². The number of aromatic nitrogens is 2. The van der Waals surface area contributed by atoms with Crippen LogP contribution >= 0.6 is 11.5 Å². The highest BCUT2D eigenvalue weighted by molar-refractivity contribution is 7.03. The molecule has 1 aromatic heterocycles. The summed E-state index contributed by atoms with van der Waals surface area (Å²) in [6.45, 7) is 8.02. The van der Waals surface area contributed by atoms with Crippen LogP contribution in [-0.4, -0.2) is 37.9 Å². The van der Waals surface area contributed by atoms with Crippen LogP contribution in [0.15, 0.2) is 29.6 Å². The number of nitrogens with one attached hydrogen (secondary N) is 1. The molecule has 1 aliphatic carbocycles. The standard InChI is InChI=1S/C20H26N4O2S/c1-5-20(3,4)21-18(25)17(14-8-6-13(2)7-9-14)24(15-10-11-15)19(26)16-12-27-23-22-16/h6-9,12,15,17H,5,10-11H2,1-4H3,(H,21,25)/t17-/m0/s1. The van der Waals surface area contributed by atoms with Crippen LogP contribution in [0.3, 0.4) is 0 Å². The topological polar surface area (TPSA) is 75.2 Å². The Kier molecular flexibility index (Phi) is 5.60. The lowest BCUT2D eigenvalue weighted by Gasteiger charge is -2.34. The predicted octanol–water partition coefficient (Wildman–Crippen LogP) is 3.50. The van der Waals surface area contributed by atoms with E-state index in [0.29, 0.717) is 5.69 Å². The first-order valence-corrected chi connectivity index (χ1v) is 10.1. The van der Waals surface area contributed by atoms with Gasteiger partial charge in [0.05, 0.1) is 0 Å². The molecule has 0 radical (unpaired) electrons. The minimum absolute atomic E-state index is 0.0565. The van der Waals surface area contributed by atoms with Crippen molar-refractivity contribution >= 4 is 23.3 Å². The van der Waals surface area contributed by atoms with Crippen molar-refractivity contribution in [3.05, 3.63) is 46.5 Å². The summed E-state index contributed by atoms with van der Waals surface area (Å²) in [5, 5.41) is 8.69. The van der Waals surface area contributed by atoms with E-state index in [1.165, 1.54) is 0 Å². The number of hydrogen-bond donors (Lipinski definition) is 1. The zero-order valence-corrected chi connectivity index (χ0v) is 17.0. The fraction of sp³-hybridized carbons (Fsp3) is 0.500. The van der Waals surface area contributed by atoms with E-state index in [1.807, 2.05) is 52.0 Å². The summed E-state index contributed by atoms with van der Waals surface area (Å²) in [7, 11) is 0. The smallest absolute Gasteiger partial charge is 0.276 e. The fourth-order valence-corrected chi connectivity index (χ4v) is 3.34. The lowest BCUT2D eigenvalue weighted by atomic mass is 9.98. The van der Waals surface area contributed by atoms with Crippen LogP contribution in [0, 0.1) is 6.92 Å². The van der Waals surface area contributed by atoms with Gasteiger partial charge in [0.25, 0.3) is 5.91 Å². The normalized spacial score (nSPS) is 15.3.